The molecule has 0 heterocycles. The number of halogens is 1. The molecule has 5 heteroatoms. The van der Waals surface area contributed by atoms with E-state index in [1.54, 1.807) is 0 Å². The fourth-order valence-corrected chi connectivity index (χ4v) is 2.61. The molecule has 0 bridgehead atoms. The quantitative estimate of drug-likeness (QED) is 0.810. The molecule has 1 fully saturated rings. The highest BCUT2D eigenvalue weighted by molar-refractivity contribution is 9.10. The van der Waals surface area contributed by atoms with Crippen LogP contribution in [0.5, 0.6) is 0 Å². The average Bonchev–Trinajstić information content (AvgIpc) is 3.23. The van der Waals surface area contributed by atoms with Gasteiger partial charge in [-0.15, -0.1) is 0 Å². The summed E-state index contributed by atoms with van der Waals surface area (Å²) in [5.41, 5.74) is 1.32. The Balaban J connectivity index is 1.84. The van der Waals surface area contributed by atoms with Gasteiger partial charge in [-0.2, -0.15) is 0 Å². The highest BCUT2D eigenvalue weighted by atomic mass is 79.9. The van der Waals surface area contributed by atoms with E-state index in [0.29, 0.717) is 6.54 Å². The molecule has 1 N–H and O–H groups in total. The van der Waals surface area contributed by atoms with Crippen LogP contribution in [0.4, 0.5) is 0 Å². The molecule has 1 saturated carbocycles. The third-order valence-electron chi connectivity index (χ3n) is 3.70. The highest BCUT2D eigenvalue weighted by Crippen LogP contribution is 2.48. The number of rotatable bonds is 6. The second-order valence-corrected chi connectivity index (χ2v) is 6.06. The number of ether oxygens (including phenoxy) is 1. The molecule has 108 valence electrons. The smallest absolute Gasteiger partial charge is 0.306 e. The van der Waals surface area contributed by atoms with Crippen LogP contribution in [0.25, 0.3) is 0 Å². The van der Waals surface area contributed by atoms with Gasteiger partial charge < -0.3 is 10.1 Å². The second-order valence-electron chi connectivity index (χ2n) is 5.14. The monoisotopic (exact) mass is 339 g/mol. The second kappa shape index (κ2) is 6.39. The number of carbonyl (C=O) groups excluding carboxylic acids is 2. The molecule has 0 radical (unpaired) electrons. The normalized spacial score (nSPS) is 15.5. The maximum atomic E-state index is 11.7. The molecule has 20 heavy (non-hydrogen) atoms. The minimum atomic E-state index is -0.353. The predicted octanol–water partition coefficient (Wildman–Crippen LogP) is 2.55. The first-order chi connectivity index (χ1) is 9.55. The number of carbonyl (C=O) groups is 2. The van der Waals surface area contributed by atoms with Gasteiger partial charge in [0, 0.05) is 22.9 Å². The summed E-state index contributed by atoms with van der Waals surface area (Å²) in [6.45, 7) is 0.628. The Morgan fingerprint density at radius 2 is 2.10 bits per heavy atom. The van der Waals surface area contributed by atoms with Crippen molar-refractivity contribution in [2.45, 2.75) is 31.1 Å². The van der Waals surface area contributed by atoms with Crippen molar-refractivity contribution < 1.29 is 14.3 Å². The van der Waals surface area contributed by atoms with E-state index in [0.717, 1.165) is 17.3 Å². The summed E-state index contributed by atoms with van der Waals surface area (Å²) in [5, 5.41) is 2.92. The van der Waals surface area contributed by atoms with Crippen LogP contribution >= 0.6 is 15.9 Å². The fourth-order valence-electron chi connectivity index (χ4n) is 2.21. The number of methoxy groups -OCH3 is 1. The number of esters is 1. The van der Waals surface area contributed by atoms with Gasteiger partial charge in [-0.05, 0) is 30.5 Å². The van der Waals surface area contributed by atoms with Crippen LogP contribution in [0.2, 0.25) is 0 Å². The summed E-state index contributed by atoms with van der Waals surface area (Å²) in [5.74, 6) is -0.454. The zero-order chi connectivity index (χ0) is 14.6. The first-order valence-corrected chi connectivity index (χ1v) is 7.45. The van der Waals surface area contributed by atoms with Gasteiger partial charge in [0.1, 0.15) is 0 Å². The van der Waals surface area contributed by atoms with Crippen molar-refractivity contribution in [2.75, 3.05) is 13.7 Å². The van der Waals surface area contributed by atoms with Crippen molar-refractivity contribution in [1.82, 2.24) is 5.32 Å². The van der Waals surface area contributed by atoms with E-state index in [9.17, 15) is 9.59 Å². The summed E-state index contributed by atoms with van der Waals surface area (Å²) < 4.78 is 5.57. The molecule has 1 aliphatic rings. The van der Waals surface area contributed by atoms with Gasteiger partial charge in [-0.1, -0.05) is 28.1 Å². The molecule has 1 aromatic carbocycles. The van der Waals surface area contributed by atoms with E-state index in [-0.39, 0.29) is 30.1 Å². The third kappa shape index (κ3) is 3.82. The minimum Gasteiger partial charge on any atom is -0.469 e. The molecule has 1 aromatic rings. The number of hydrogen-bond acceptors (Lipinski definition) is 3. The van der Waals surface area contributed by atoms with E-state index in [4.69, 9.17) is 0 Å². The molecule has 4 nitrogen and oxygen atoms in total. The molecule has 1 amide bonds. The third-order valence-corrected chi connectivity index (χ3v) is 4.19. The zero-order valence-corrected chi connectivity index (χ0v) is 13.0. The van der Waals surface area contributed by atoms with Crippen LogP contribution in [-0.2, 0) is 19.7 Å². The number of benzene rings is 1. The summed E-state index contributed by atoms with van der Waals surface area (Å²) in [4.78, 5) is 22.7. The molecule has 2 rings (SSSR count). The average molecular weight is 340 g/mol. The van der Waals surface area contributed by atoms with Crippen molar-refractivity contribution in [1.29, 1.82) is 0 Å². The molecule has 1 aliphatic carbocycles. The largest absolute Gasteiger partial charge is 0.469 e. The minimum absolute atomic E-state index is 0.0741. The summed E-state index contributed by atoms with van der Waals surface area (Å²) >= 11 is 3.47. The summed E-state index contributed by atoms with van der Waals surface area (Å²) in [6, 6.07) is 8.21. The van der Waals surface area contributed by atoms with Crippen molar-refractivity contribution >= 4 is 27.8 Å². The molecule has 0 aliphatic heterocycles. The number of hydrogen-bond donors (Lipinski definition) is 1. The molecule has 0 spiro atoms. The summed E-state index contributed by atoms with van der Waals surface area (Å²) in [6.07, 6.45) is 2.48. The van der Waals surface area contributed by atoms with E-state index < -0.39 is 0 Å². The van der Waals surface area contributed by atoms with Gasteiger partial charge in [0.15, 0.2) is 0 Å². The Hall–Kier alpha value is -1.36. The lowest BCUT2D eigenvalue weighted by atomic mass is 9.96. The van der Waals surface area contributed by atoms with E-state index in [2.05, 4.69) is 38.1 Å². The molecular weight excluding hydrogens is 322 g/mol. The molecule has 0 atom stereocenters. The van der Waals surface area contributed by atoms with E-state index in [1.165, 1.54) is 12.7 Å². The van der Waals surface area contributed by atoms with Gasteiger partial charge in [0.25, 0.3) is 0 Å². The zero-order valence-electron chi connectivity index (χ0n) is 11.4. The van der Waals surface area contributed by atoms with Crippen LogP contribution in [0.3, 0.4) is 0 Å². The van der Waals surface area contributed by atoms with E-state index >= 15 is 0 Å². The van der Waals surface area contributed by atoms with Crippen LogP contribution in [0.15, 0.2) is 28.7 Å². The van der Waals surface area contributed by atoms with Crippen LogP contribution in [0, 0.1) is 0 Å². The lowest BCUT2D eigenvalue weighted by Gasteiger charge is -2.17. The number of amides is 1. The van der Waals surface area contributed by atoms with Crippen molar-refractivity contribution in [2.24, 2.45) is 0 Å². The Bertz CT molecular complexity index is 512. The van der Waals surface area contributed by atoms with Crippen LogP contribution in [0.1, 0.15) is 31.2 Å². The van der Waals surface area contributed by atoms with Gasteiger partial charge >= 0.3 is 5.97 Å². The van der Waals surface area contributed by atoms with Gasteiger partial charge in [-0.25, -0.2) is 0 Å². The van der Waals surface area contributed by atoms with Crippen LogP contribution in [-0.4, -0.2) is 25.5 Å². The summed E-state index contributed by atoms with van der Waals surface area (Å²) in [7, 11) is 1.33. The lowest BCUT2D eigenvalue weighted by molar-refractivity contribution is -0.142. The first kappa shape index (κ1) is 15.0. The van der Waals surface area contributed by atoms with Gasteiger partial charge in [0.05, 0.1) is 13.5 Å². The Morgan fingerprint density at radius 3 is 2.70 bits per heavy atom. The maximum Gasteiger partial charge on any atom is 0.306 e. The van der Waals surface area contributed by atoms with Crippen LogP contribution < -0.4 is 5.32 Å². The van der Waals surface area contributed by atoms with Gasteiger partial charge in [0.2, 0.25) is 5.91 Å². The number of nitrogens with one attached hydrogen (secondary N) is 1. The fraction of sp³-hybridized carbons (Fsp3) is 0.467. The molecule has 0 aromatic heterocycles. The van der Waals surface area contributed by atoms with Gasteiger partial charge in [-0.3, -0.25) is 9.59 Å². The predicted molar refractivity (Wildman–Crippen MR) is 79.3 cm³/mol. The van der Waals surface area contributed by atoms with Crippen molar-refractivity contribution in [3.63, 3.8) is 0 Å². The molecular formula is C15H18BrNO3. The molecule has 0 unspecified atom stereocenters. The molecule has 0 saturated heterocycles. The maximum absolute atomic E-state index is 11.7. The first-order valence-electron chi connectivity index (χ1n) is 6.65. The Morgan fingerprint density at radius 1 is 1.35 bits per heavy atom. The lowest BCUT2D eigenvalue weighted by Crippen LogP contribution is -2.32. The standard InChI is InChI=1S/C15H18BrNO3/c1-20-14(19)6-5-13(18)17-10-15(7-8-15)11-3-2-4-12(16)9-11/h2-4,9H,5-8,10H2,1H3,(H,17,18). The Labute approximate surface area is 127 Å². The van der Waals surface area contributed by atoms with Crippen molar-refractivity contribution in [3.05, 3.63) is 34.3 Å². The van der Waals surface area contributed by atoms with Crippen molar-refractivity contribution in [3.8, 4) is 0 Å². The van der Waals surface area contributed by atoms with E-state index in [1.807, 2.05) is 12.1 Å². The highest BCUT2D eigenvalue weighted by Gasteiger charge is 2.44. The topological polar surface area (TPSA) is 55.4 Å². The Kier molecular flexibility index (Phi) is 4.81. The SMILES string of the molecule is COC(=O)CCC(=O)NCC1(c2cccc(Br)c2)CC1.